The standard InChI is InChI=1S/C23H21N5O3/c1-3-28(4-2)14-17-10-11-19(29-17)23-26-25-21(30-23)16-12-18-20(15-8-6-5-7-9-15)27-31-22(18)24-13-16/h5-13H,3-4,14H2,1-2H3. The summed E-state index contributed by atoms with van der Waals surface area (Å²) in [6.45, 7) is 6.91. The monoisotopic (exact) mass is 415 g/mol. The molecule has 0 saturated carbocycles. The van der Waals surface area contributed by atoms with E-state index in [4.69, 9.17) is 13.4 Å². The highest BCUT2D eigenvalue weighted by atomic mass is 16.5. The summed E-state index contributed by atoms with van der Waals surface area (Å²) in [6, 6.07) is 15.5. The lowest BCUT2D eigenvalue weighted by molar-refractivity contribution is 0.269. The van der Waals surface area contributed by atoms with Gasteiger partial charge in [-0.25, -0.2) is 4.98 Å². The summed E-state index contributed by atoms with van der Waals surface area (Å²) in [5.41, 5.74) is 2.80. The highest BCUT2D eigenvalue weighted by Gasteiger charge is 2.18. The molecule has 0 aliphatic rings. The minimum Gasteiger partial charge on any atom is -0.455 e. The van der Waals surface area contributed by atoms with Crippen LogP contribution in [-0.2, 0) is 6.54 Å². The van der Waals surface area contributed by atoms with Crippen LogP contribution in [-0.4, -0.2) is 38.3 Å². The minimum atomic E-state index is 0.328. The maximum Gasteiger partial charge on any atom is 0.283 e. The average Bonchev–Trinajstić information content (AvgIpc) is 3.57. The Kier molecular flexibility index (Phi) is 5.05. The minimum absolute atomic E-state index is 0.328. The van der Waals surface area contributed by atoms with Crippen molar-refractivity contribution >= 4 is 11.1 Å². The van der Waals surface area contributed by atoms with Gasteiger partial charge in [0.1, 0.15) is 11.5 Å². The molecule has 8 heteroatoms. The van der Waals surface area contributed by atoms with Crippen LogP contribution in [0.15, 0.2) is 68.1 Å². The van der Waals surface area contributed by atoms with Crippen molar-refractivity contribution in [3.05, 3.63) is 60.5 Å². The number of nitrogens with zero attached hydrogens (tertiary/aromatic N) is 5. The first-order chi connectivity index (χ1) is 15.2. The molecule has 0 saturated heterocycles. The van der Waals surface area contributed by atoms with Gasteiger partial charge in [0.05, 0.1) is 17.5 Å². The molecule has 0 N–H and O–H groups in total. The van der Waals surface area contributed by atoms with E-state index in [0.717, 1.165) is 42.0 Å². The van der Waals surface area contributed by atoms with Crippen molar-refractivity contribution in [1.29, 1.82) is 0 Å². The first kappa shape index (κ1) is 19.2. The molecule has 5 rings (SSSR count). The zero-order valence-electron chi connectivity index (χ0n) is 17.3. The number of benzene rings is 1. The molecule has 0 atom stereocenters. The second-order valence-corrected chi connectivity index (χ2v) is 7.11. The van der Waals surface area contributed by atoms with Crippen molar-refractivity contribution in [1.82, 2.24) is 25.2 Å². The molecule has 1 aromatic carbocycles. The van der Waals surface area contributed by atoms with Crippen LogP contribution in [0.5, 0.6) is 0 Å². The lowest BCUT2D eigenvalue weighted by Gasteiger charge is -2.15. The van der Waals surface area contributed by atoms with E-state index in [1.807, 2.05) is 48.5 Å². The van der Waals surface area contributed by atoms with Gasteiger partial charge in [0, 0.05) is 11.8 Å². The van der Waals surface area contributed by atoms with Crippen LogP contribution < -0.4 is 0 Å². The molecule has 0 radical (unpaired) electrons. The summed E-state index contributed by atoms with van der Waals surface area (Å²) in [6.07, 6.45) is 1.63. The summed E-state index contributed by atoms with van der Waals surface area (Å²) in [4.78, 5) is 6.63. The maximum atomic E-state index is 5.91. The van der Waals surface area contributed by atoms with Crippen molar-refractivity contribution in [2.45, 2.75) is 20.4 Å². The Morgan fingerprint density at radius 1 is 0.871 bits per heavy atom. The molecule has 4 aromatic heterocycles. The molecular formula is C23H21N5O3. The lowest BCUT2D eigenvalue weighted by atomic mass is 10.1. The average molecular weight is 415 g/mol. The van der Waals surface area contributed by atoms with E-state index < -0.39 is 0 Å². The van der Waals surface area contributed by atoms with E-state index in [1.54, 1.807) is 6.20 Å². The van der Waals surface area contributed by atoms with Gasteiger partial charge >= 0.3 is 0 Å². The predicted octanol–water partition coefficient (Wildman–Crippen LogP) is 5.04. The SMILES string of the molecule is CCN(CC)Cc1ccc(-c2nnc(-c3cnc4onc(-c5ccccc5)c4c3)o2)o1. The third kappa shape index (κ3) is 3.73. The summed E-state index contributed by atoms with van der Waals surface area (Å²) in [5, 5.41) is 13.3. The van der Waals surface area contributed by atoms with Gasteiger partial charge in [0.15, 0.2) is 5.76 Å². The van der Waals surface area contributed by atoms with Gasteiger partial charge in [-0.15, -0.1) is 10.2 Å². The molecule has 31 heavy (non-hydrogen) atoms. The Hall–Kier alpha value is -3.78. The molecule has 0 unspecified atom stereocenters. The first-order valence-corrected chi connectivity index (χ1v) is 10.2. The predicted molar refractivity (Wildman–Crippen MR) is 115 cm³/mol. The van der Waals surface area contributed by atoms with Crippen LogP contribution in [0.25, 0.3) is 45.5 Å². The van der Waals surface area contributed by atoms with Gasteiger partial charge in [0.2, 0.25) is 5.89 Å². The topological polar surface area (TPSA) is 94.2 Å². The smallest absolute Gasteiger partial charge is 0.283 e. The Bertz CT molecular complexity index is 1300. The molecule has 0 aliphatic carbocycles. The molecule has 0 bridgehead atoms. The molecule has 0 spiro atoms. The number of aromatic nitrogens is 4. The van der Waals surface area contributed by atoms with Crippen molar-refractivity contribution in [3.8, 4) is 34.4 Å². The number of rotatable bonds is 7. The fourth-order valence-electron chi connectivity index (χ4n) is 3.44. The van der Waals surface area contributed by atoms with E-state index in [2.05, 4.69) is 39.1 Å². The molecule has 0 amide bonds. The fourth-order valence-corrected chi connectivity index (χ4v) is 3.44. The van der Waals surface area contributed by atoms with Crippen molar-refractivity contribution in [2.75, 3.05) is 13.1 Å². The molecule has 156 valence electrons. The Morgan fingerprint density at radius 3 is 2.48 bits per heavy atom. The van der Waals surface area contributed by atoms with Gasteiger partial charge in [-0.2, -0.15) is 0 Å². The van der Waals surface area contributed by atoms with E-state index in [9.17, 15) is 0 Å². The maximum absolute atomic E-state index is 5.91. The van der Waals surface area contributed by atoms with Crippen LogP contribution in [0.3, 0.4) is 0 Å². The van der Waals surface area contributed by atoms with E-state index >= 15 is 0 Å². The van der Waals surface area contributed by atoms with E-state index in [0.29, 0.717) is 28.8 Å². The first-order valence-electron chi connectivity index (χ1n) is 10.2. The normalized spacial score (nSPS) is 11.6. The van der Waals surface area contributed by atoms with Crippen LogP contribution in [0.4, 0.5) is 0 Å². The summed E-state index contributed by atoms with van der Waals surface area (Å²) in [7, 11) is 0. The highest BCUT2D eigenvalue weighted by Crippen LogP contribution is 2.31. The summed E-state index contributed by atoms with van der Waals surface area (Å²) < 4.78 is 17.2. The Morgan fingerprint density at radius 2 is 1.68 bits per heavy atom. The van der Waals surface area contributed by atoms with Gasteiger partial charge in [-0.3, -0.25) is 4.90 Å². The number of hydrogen-bond donors (Lipinski definition) is 0. The van der Waals surface area contributed by atoms with Crippen molar-refractivity contribution in [2.24, 2.45) is 0 Å². The molecule has 8 nitrogen and oxygen atoms in total. The third-order valence-electron chi connectivity index (χ3n) is 5.20. The molecule has 0 fully saturated rings. The quantitative estimate of drug-likeness (QED) is 0.365. The number of pyridine rings is 1. The van der Waals surface area contributed by atoms with Gasteiger partial charge in [-0.1, -0.05) is 49.3 Å². The van der Waals surface area contributed by atoms with E-state index in [-0.39, 0.29) is 0 Å². The van der Waals surface area contributed by atoms with Gasteiger partial charge in [0.25, 0.3) is 11.6 Å². The second kappa shape index (κ2) is 8.16. The molecule has 4 heterocycles. The van der Waals surface area contributed by atoms with Crippen molar-refractivity contribution in [3.63, 3.8) is 0 Å². The fraction of sp³-hybridized carbons (Fsp3) is 0.217. The van der Waals surface area contributed by atoms with Crippen LogP contribution in [0.2, 0.25) is 0 Å². The van der Waals surface area contributed by atoms with Gasteiger partial charge in [-0.05, 0) is 31.3 Å². The molecule has 0 aliphatic heterocycles. The van der Waals surface area contributed by atoms with Gasteiger partial charge < -0.3 is 13.4 Å². The second-order valence-electron chi connectivity index (χ2n) is 7.11. The van der Waals surface area contributed by atoms with Crippen molar-refractivity contribution < 1.29 is 13.4 Å². The Labute approximate surface area is 178 Å². The van der Waals surface area contributed by atoms with Crippen LogP contribution >= 0.6 is 0 Å². The van der Waals surface area contributed by atoms with Crippen LogP contribution in [0.1, 0.15) is 19.6 Å². The lowest BCUT2D eigenvalue weighted by Crippen LogP contribution is -2.21. The number of furan rings is 1. The Balaban J connectivity index is 1.44. The number of hydrogen-bond acceptors (Lipinski definition) is 8. The highest BCUT2D eigenvalue weighted by molar-refractivity contribution is 5.91. The zero-order valence-corrected chi connectivity index (χ0v) is 17.3. The summed E-state index contributed by atoms with van der Waals surface area (Å²) >= 11 is 0. The third-order valence-corrected chi connectivity index (χ3v) is 5.20. The van der Waals surface area contributed by atoms with E-state index in [1.165, 1.54) is 0 Å². The number of fused-ring (bicyclic) bond motifs is 1. The molecule has 5 aromatic rings. The summed E-state index contributed by atoms with van der Waals surface area (Å²) in [5.74, 6) is 2.09. The van der Waals surface area contributed by atoms with Crippen LogP contribution in [0, 0.1) is 0 Å². The zero-order chi connectivity index (χ0) is 21.2. The largest absolute Gasteiger partial charge is 0.455 e. The molecular weight excluding hydrogens is 394 g/mol.